The van der Waals surface area contributed by atoms with Gasteiger partial charge in [0.15, 0.2) is 0 Å². The van der Waals surface area contributed by atoms with Crippen molar-refractivity contribution < 1.29 is 26.4 Å². The van der Waals surface area contributed by atoms with E-state index in [9.17, 15) is 26.4 Å². The molecule has 0 radical (unpaired) electrons. The number of carbonyl (C=O) groups is 1. The second-order valence-electron chi connectivity index (χ2n) is 4.19. The van der Waals surface area contributed by atoms with Gasteiger partial charge in [0.1, 0.15) is 0 Å². The fraction of sp³-hybridized carbons (Fsp3) is 0.364. The number of hydrogen-bond acceptors (Lipinski definition) is 3. The Labute approximate surface area is 114 Å². The molecule has 0 aliphatic heterocycles. The second kappa shape index (κ2) is 5.80. The molecule has 0 spiro atoms. The van der Waals surface area contributed by atoms with Crippen molar-refractivity contribution in [2.75, 3.05) is 5.32 Å². The monoisotopic (exact) mass is 310 g/mol. The molecule has 0 heterocycles. The lowest BCUT2D eigenvalue weighted by Crippen LogP contribution is -2.17. The predicted octanol–water partition coefficient (Wildman–Crippen LogP) is 1.92. The van der Waals surface area contributed by atoms with Crippen LogP contribution in [0.4, 0.5) is 18.9 Å². The van der Waals surface area contributed by atoms with E-state index in [0.29, 0.717) is 5.56 Å². The van der Waals surface area contributed by atoms with Crippen molar-refractivity contribution in [2.24, 2.45) is 5.14 Å². The minimum absolute atomic E-state index is 0.136. The highest BCUT2D eigenvalue weighted by molar-refractivity contribution is 7.89. The van der Waals surface area contributed by atoms with E-state index in [-0.39, 0.29) is 10.6 Å². The summed E-state index contributed by atoms with van der Waals surface area (Å²) in [6.45, 7) is 1.51. The van der Waals surface area contributed by atoms with Crippen LogP contribution in [-0.4, -0.2) is 20.5 Å². The Morgan fingerprint density at radius 3 is 2.40 bits per heavy atom. The van der Waals surface area contributed by atoms with Crippen molar-refractivity contribution in [3.63, 3.8) is 0 Å². The average Bonchev–Trinajstić information content (AvgIpc) is 2.27. The van der Waals surface area contributed by atoms with Crippen LogP contribution in [0.1, 0.15) is 18.4 Å². The lowest BCUT2D eigenvalue weighted by molar-refractivity contribution is -0.142. The van der Waals surface area contributed by atoms with Gasteiger partial charge in [0.2, 0.25) is 15.9 Å². The summed E-state index contributed by atoms with van der Waals surface area (Å²) in [7, 11) is -3.86. The predicted molar refractivity (Wildman–Crippen MR) is 66.5 cm³/mol. The van der Waals surface area contributed by atoms with Crippen LogP contribution < -0.4 is 10.5 Å². The van der Waals surface area contributed by atoms with Gasteiger partial charge in [-0.3, -0.25) is 4.79 Å². The van der Waals surface area contributed by atoms with Crippen molar-refractivity contribution in [1.29, 1.82) is 0 Å². The Morgan fingerprint density at radius 2 is 1.95 bits per heavy atom. The molecule has 0 bridgehead atoms. The molecular formula is C11H13F3N2O3S. The van der Waals surface area contributed by atoms with Crippen molar-refractivity contribution in [3.8, 4) is 0 Å². The van der Waals surface area contributed by atoms with E-state index < -0.39 is 34.9 Å². The van der Waals surface area contributed by atoms with E-state index in [1.165, 1.54) is 25.1 Å². The number of sulfonamides is 1. The second-order valence-corrected chi connectivity index (χ2v) is 5.75. The molecule has 20 heavy (non-hydrogen) atoms. The van der Waals surface area contributed by atoms with Gasteiger partial charge in [-0.1, -0.05) is 0 Å². The van der Waals surface area contributed by atoms with Crippen molar-refractivity contribution in [3.05, 3.63) is 23.8 Å². The number of halogens is 3. The fourth-order valence-electron chi connectivity index (χ4n) is 1.42. The van der Waals surface area contributed by atoms with Crippen LogP contribution in [0, 0.1) is 6.92 Å². The number of rotatable bonds is 4. The van der Waals surface area contributed by atoms with Crippen LogP contribution in [0.5, 0.6) is 0 Å². The summed E-state index contributed by atoms with van der Waals surface area (Å²) in [5.74, 6) is -0.797. The number of carbonyl (C=O) groups excluding carboxylic acids is 1. The maximum absolute atomic E-state index is 12.0. The van der Waals surface area contributed by atoms with Gasteiger partial charge >= 0.3 is 6.18 Å². The summed E-state index contributed by atoms with van der Waals surface area (Å²) in [6, 6.07) is 3.68. The molecule has 1 aromatic carbocycles. The van der Waals surface area contributed by atoms with Crippen molar-refractivity contribution >= 4 is 21.6 Å². The molecule has 0 fully saturated rings. The number of aryl methyl sites for hydroxylation is 1. The lowest BCUT2D eigenvalue weighted by atomic mass is 10.2. The summed E-state index contributed by atoms with van der Waals surface area (Å²) in [5, 5.41) is 7.22. The molecule has 0 saturated carbocycles. The molecule has 0 aliphatic rings. The van der Waals surface area contributed by atoms with Gasteiger partial charge in [0.05, 0.1) is 11.3 Å². The van der Waals surface area contributed by atoms with E-state index in [4.69, 9.17) is 5.14 Å². The molecule has 0 aliphatic carbocycles. The van der Waals surface area contributed by atoms with E-state index in [2.05, 4.69) is 5.32 Å². The first-order chi connectivity index (χ1) is 8.99. The highest BCUT2D eigenvalue weighted by Gasteiger charge is 2.27. The number of anilines is 1. The SMILES string of the molecule is Cc1cc(S(N)(=O)=O)ccc1NC(=O)CCC(F)(F)F. The molecule has 1 amide bonds. The Morgan fingerprint density at radius 1 is 1.35 bits per heavy atom. The van der Waals surface area contributed by atoms with E-state index in [1.54, 1.807) is 0 Å². The molecular weight excluding hydrogens is 297 g/mol. The maximum atomic E-state index is 12.0. The topological polar surface area (TPSA) is 89.3 Å². The van der Waals surface area contributed by atoms with Crippen LogP contribution in [0.15, 0.2) is 23.1 Å². The highest BCUT2D eigenvalue weighted by Crippen LogP contribution is 2.23. The Balaban J connectivity index is 2.77. The molecule has 0 atom stereocenters. The summed E-state index contributed by atoms with van der Waals surface area (Å²) in [6.07, 6.45) is -6.31. The zero-order valence-electron chi connectivity index (χ0n) is 10.5. The minimum atomic E-state index is -4.40. The van der Waals surface area contributed by atoms with E-state index >= 15 is 0 Å². The summed E-state index contributed by atoms with van der Waals surface area (Å²) in [4.78, 5) is 11.2. The van der Waals surface area contributed by atoms with Gasteiger partial charge in [0, 0.05) is 12.1 Å². The highest BCUT2D eigenvalue weighted by atomic mass is 32.2. The van der Waals surface area contributed by atoms with Crippen LogP contribution in [-0.2, 0) is 14.8 Å². The van der Waals surface area contributed by atoms with Crippen LogP contribution >= 0.6 is 0 Å². The standard InChI is InChI=1S/C11H13F3N2O3S/c1-7-6-8(20(15,18)19)2-3-9(7)16-10(17)4-5-11(12,13)14/h2-3,6H,4-5H2,1H3,(H,16,17)(H2,15,18,19). The van der Waals surface area contributed by atoms with Gasteiger partial charge in [-0.25, -0.2) is 13.6 Å². The number of amides is 1. The number of benzene rings is 1. The molecule has 5 nitrogen and oxygen atoms in total. The smallest absolute Gasteiger partial charge is 0.326 e. The Hall–Kier alpha value is -1.61. The van der Waals surface area contributed by atoms with Gasteiger partial charge in [-0.2, -0.15) is 13.2 Å². The summed E-state index contributed by atoms with van der Waals surface area (Å²) >= 11 is 0. The third kappa shape index (κ3) is 5.17. The van der Waals surface area contributed by atoms with Gasteiger partial charge < -0.3 is 5.32 Å². The van der Waals surface area contributed by atoms with Crippen molar-refractivity contribution in [2.45, 2.75) is 30.8 Å². The summed E-state index contributed by atoms with van der Waals surface area (Å²) < 4.78 is 58.1. The van der Waals surface area contributed by atoms with E-state index in [0.717, 1.165) is 0 Å². The molecule has 112 valence electrons. The average molecular weight is 310 g/mol. The lowest BCUT2D eigenvalue weighted by Gasteiger charge is -2.10. The zero-order chi connectivity index (χ0) is 15.6. The van der Waals surface area contributed by atoms with Gasteiger partial charge in [-0.05, 0) is 30.7 Å². The van der Waals surface area contributed by atoms with Gasteiger partial charge in [0.25, 0.3) is 0 Å². The molecule has 1 aromatic rings. The first kappa shape index (κ1) is 16.4. The zero-order valence-corrected chi connectivity index (χ0v) is 11.3. The molecule has 0 aromatic heterocycles. The Bertz CT molecular complexity index is 612. The molecule has 0 unspecified atom stereocenters. The quantitative estimate of drug-likeness (QED) is 0.890. The number of hydrogen-bond donors (Lipinski definition) is 2. The third-order valence-electron chi connectivity index (χ3n) is 2.44. The normalized spacial score (nSPS) is 12.2. The molecule has 9 heteroatoms. The first-order valence-corrected chi connectivity index (χ1v) is 7.04. The minimum Gasteiger partial charge on any atom is -0.326 e. The summed E-state index contributed by atoms with van der Waals surface area (Å²) in [5.41, 5.74) is 0.626. The van der Waals surface area contributed by atoms with Crippen LogP contribution in [0.25, 0.3) is 0 Å². The van der Waals surface area contributed by atoms with Crippen molar-refractivity contribution in [1.82, 2.24) is 0 Å². The molecule has 1 rings (SSSR count). The van der Waals surface area contributed by atoms with E-state index in [1.807, 2.05) is 0 Å². The maximum Gasteiger partial charge on any atom is 0.389 e. The largest absolute Gasteiger partial charge is 0.389 e. The van der Waals surface area contributed by atoms with Gasteiger partial charge in [-0.15, -0.1) is 0 Å². The molecule has 0 saturated heterocycles. The first-order valence-electron chi connectivity index (χ1n) is 5.49. The third-order valence-corrected chi connectivity index (χ3v) is 3.35. The number of primary sulfonamides is 1. The number of nitrogens with two attached hydrogens (primary N) is 1. The Kier molecular flexibility index (Phi) is 4.77. The number of nitrogens with one attached hydrogen (secondary N) is 1. The van der Waals surface area contributed by atoms with Crippen LogP contribution in [0.2, 0.25) is 0 Å². The molecule has 3 N–H and O–H groups in total. The van der Waals surface area contributed by atoms with Crippen LogP contribution in [0.3, 0.4) is 0 Å². The fourth-order valence-corrected chi connectivity index (χ4v) is 2.02. The number of alkyl halides is 3.